The van der Waals surface area contributed by atoms with Crippen molar-refractivity contribution in [1.82, 2.24) is 0 Å². The van der Waals surface area contributed by atoms with Crippen molar-refractivity contribution in [2.24, 2.45) is 0 Å². The number of hydrogen-bond acceptors (Lipinski definition) is 4. The molecule has 2 aromatic carbocycles. The van der Waals surface area contributed by atoms with Crippen LogP contribution < -0.4 is 9.46 Å². The summed E-state index contributed by atoms with van der Waals surface area (Å²) in [4.78, 5) is 11.5. The number of sulfonamides is 1. The van der Waals surface area contributed by atoms with Crippen molar-refractivity contribution in [2.75, 3.05) is 17.6 Å². The zero-order valence-electron chi connectivity index (χ0n) is 13.4. The Morgan fingerprint density at radius 1 is 1.17 bits per heavy atom. The first kappa shape index (κ1) is 17.8. The lowest BCUT2D eigenvalue weighted by Crippen LogP contribution is -2.09. The van der Waals surface area contributed by atoms with E-state index in [1.165, 1.54) is 6.07 Å². The van der Waals surface area contributed by atoms with Crippen molar-refractivity contribution in [2.45, 2.75) is 13.3 Å². The van der Waals surface area contributed by atoms with Gasteiger partial charge < -0.3 is 9.84 Å². The number of ether oxygens (including phenoxy) is 1. The van der Waals surface area contributed by atoms with E-state index in [0.29, 0.717) is 29.2 Å². The van der Waals surface area contributed by atoms with Crippen molar-refractivity contribution in [3.05, 3.63) is 48.0 Å². The van der Waals surface area contributed by atoms with Crippen LogP contribution in [0.5, 0.6) is 5.75 Å². The van der Waals surface area contributed by atoms with E-state index < -0.39 is 16.0 Å². The molecule has 6 nitrogen and oxygen atoms in total. The highest BCUT2D eigenvalue weighted by Crippen LogP contribution is 2.28. The Kier molecular flexibility index (Phi) is 5.46. The van der Waals surface area contributed by atoms with Crippen molar-refractivity contribution in [3.63, 3.8) is 0 Å². The molecule has 2 rings (SSSR count). The summed E-state index contributed by atoms with van der Waals surface area (Å²) in [7, 11) is -3.38. The van der Waals surface area contributed by atoms with Gasteiger partial charge in [-0.15, -0.1) is 0 Å². The molecule has 0 fully saturated rings. The minimum atomic E-state index is -3.38. The molecule has 0 saturated carbocycles. The largest absolute Gasteiger partial charge is 0.493 e. The van der Waals surface area contributed by atoms with Crippen LogP contribution in [-0.4, -0.2) is 32.4 Å². The quantitative estimate of drug-likeness (QED) is 0.801. The van der Waals surface area contributed by atoms with Gasteiger partial charge in [-0.2, -0.15) is 0 Å². The van der Waals surface area contributed by atoms with E-state index in [0.717, 1.165) is 12.7 Å². The molecule has 0 heterocycles. The van der Waals surface area contributed by atoms with Gasteiger partial charge in [0.05, 0.1) is 12.9 Å². The van der Waals surface area contributed by atoms with Gasteiger partial charge in [0.15, 0.2) is 0 Å². The molecule has 0 unspecified atom stereocenters. The highest BCUT2D eigenvalue weighted by Gasteiger charge is 2.13. The zero-order chi connectivity index (χ0) is 17.7. The van der Waals surface area contributed by atoms with Crippen molar-refractivity contribution in [3.8, 4) is 16.9 Å². The molecule has 0 aliphatic heterocycles. The number of carboxylic acid groups (broad SMARTS) is 1. The molecule has 24 heavy (non-hydrogen) atoms. The number of rotatable bonds is 7. The molecular formula is C17H19NO5S. The van der Waals surface area contributed by atoms with Crippen LogP contribution in [0.15, 0.2) is 42.5 Å². The average Bonchev–Trinajstić information content (AvgIpc) is 2.51. The summed E-state index contributed by atoms with van der Waals surface area (Å²) in [5, 5.41) is 9.37. The molecule has 0 atom stereocenters. The first-order valence-electron chi connectivity index (χ1n) is 7.38. The fraction of sp³-hybridized carbons (Fsp3) is 0.235. The SMILES string of the molecule is CCCOc1ccc(-c2cccc(NS(C)(=O)=O)c2)cc1C(=O)O. The van der Waals surface area contributed by atoms with E-state index in [2.05, 4.69) is 4.72 Å². The van der Waals surface area contributed by atoms with Gasteiger partial charge in [-0.25, -0.2) is 13.2 Å². The van der Waals surface area contributed by atoms with Crippen molar-refractivity contribution < 1.29 is 23.1 Å². The number of hydrogen-bond donors (Lipinski definition) is 2. The third-order valence-electron chi connectivity index (χ3n) is 3.17. The maximum atomic E-state index is 11.5. The maximum Gasteiger partial charge on any atom is 0.339 e. The van der Waals surface area contributed by atoms with Gasteiger partial charge in [0.2, 0.25) is 10.0 Å². The van der Waals surface area contributed by atoms with Crippen LogP contribution >= 0.6 is 0 Å². The summed E-state index contributed by atoms with van der Waals surface area (Å²) in [6.45, 7) is 2.38. The zero-order valence-corrected chi connectivity index (χ0v) is 14.3. The second kappa shape index (κ2) is 7.35. The number of anilines is 1. The molecule has 0 amide bonds. The van der Waals surface area contributed by atoms with Crippen LogP contribution in [0, 0.1) is 0 Å². The van der Waals surface area contributed by atoms with Crippen LogP contribution in [0.1, 0.15) is 23.7 Å². The third-order valence-corrected chi connectivity index (χ3v) is 3.78. The molecule has 7 heteroatoms. The predicted octanol–water partition coefficient (Wildman–Crippen LogP) is 3.21. The Morgan fingerprint density at radius 3 is 2.50 bits per heavy atom. The molecule has 128 valence electrons. The standard InChI is InChI=1S/C17H19NO5S/c1-3-9-23-16-8-7-13(11-15(16)17(19)20)12-5-4-6-14(10-12)18-24(2,21)22/h4-8,10-11,18H,3,9H2,1-2H3,(H,19,20). The van der Waals surface area contributed by atoms with Crippen LogP contribution in [0.25, 0.3) is 11.1 Å². The fourth-order valence-corrected chi connectivity index (χ4v) is 2.75. The Hall–Kier alpha value is -2.54. The fourth-order valence-electron chi connectivity index (χ4n) is 2.19. The molecule has 0 saturated heterocycles. The van der Waals surface area contributed by atoms with E-state index in [4.69, 9.17) is 4.74 Å². The van der Waals surface area contributed by atoms with Gasteiger partial charge in [-0.05, 0) is 41.8 Å². The second-order valence-electron chi connectivity index (χ2n) is 5.32. The van der Waals surface area contributed by atoms with Crippen LogP contribution in [0.3, 0.4) is 0 Å². The lowest BCUT2D eigenvalue weighted by Gasteiger charge is -2.11. The molecule has 2 aromatic rings. The number of aromatic carboxylic acids is 1. The number of carboxylic acids is 1. The molecule has 0 bridgehead atoms. The predicted molar refractivity (Wildman–Crippen MR) is 93.1 cm³/mol. The normalized spacial score (nSPS) is 11.1. The van der Waals surface area contributed by atoms with E-state index >= 15 is 0 Å². The van der Waals surface area contributed by atoms with Crippen molar-refractivity contribution >= 4 is 21.7 Å². The van der Waals surface area contributed by atoms with Gasteiger partial charge in [-0.1, -0.05) is 25.1 Å². The van der Waals surface area contributed by atoms with Gasteiger partial charge in [-0.3, -0.25) is 4.72 Å². The topological polar surface area (TPSA) is 92.7 Å². The van der Waals surface area contributed by atoms with Crippen LogP contribution in [-0.2, 0) is 10.0 Å². The molecule has 0 aromatic heterocycles. The highest BCUT2D eigenvalue weighted by atomic mass is 32.2. The van der Waals surface area contributed by atoms with Crippen LogP contribution in [0.2, 0.25) is 0 Å². The van der Waals surface area contributed by atoms with Gasteiger partial charge >= 0.3 is 5.97 Å². The smallest absolute Gasteiger partial charge is 0.339 e. The van der Waals surface area contributed by atoms with Crippen molar-refractivity contribution in [1.29, 1.82) is 0 Å². The Morgan fingerprint density at radius 2 is 1.88 bits per heavy atom. The summed E-state index contributed by atoms with van der Waals surface area (Å²) >= 11 is 0. The molecule has 2 N–H and O–H groups in total. The number of nitrogens with one attached hydrogen (secondary N) is 1. The van der Waals surface area contributed by atoms with E-state index in [1.54, 1.807) is 36.4 Å². The lowest BCUT2D eigenvalue weighted by molar-refractivity contribution is 0.0692. The molecule has 0 radical (unpaired) electrons. The minimum Gasteiger partial charge on any atom is -0.493 e. The van der Waals surface area contributed by atoms with E-state index in [1.807, 2.05) is 6.92 Å². The second-order valence-corrected chi connectivity index (χ2v) is 7.07. The van der Waals surface area contributed by atoms with E-state index in [-0.39, 0.29) is 5.56 Å². The number of carbonyl (C=O) groups is 1. The van der Waals surface area contributed by atoms with Crippen LogP contribution in [0.4, 0.5) is 5.69 Å². The Balaban J connectivity index is 2.40. The Bertz CT molecular complexity index is 846. The molecule has 0 aliphatic rings. The Labute approximate surface area is 141 Å². The first-order valence-corrected chi connectivity index (χ1v) is 9.27. The summed E-state index contributed by atoms with van der Waals surface area (Å²) in [5.74, 6) is -0.758. The first-order chi connectivity index (χ1) is 11.3. The minimum absolute atomic E-state index is 0.0717. The third kappa shape index (κ3) is 4.73. The van der Waals surface area contributed by atoms with Gasteiger partial charge in [0.1, 0.15) is 11.3 Å². The summed E-state index contributed by atoms with van der Waals surface area (Å²) in [6, 6.07) is 11.6. The number of benzene rings is 2. The molecule has 0 aliphatic carbocycles. The average molecular weight is 349 g/mol. The highest BCUT2D eigenvalue weighted by molar-refractivity contribution is 7.92. The summed E-state index contributed by atoms with van der Waals surface area (Å²) < 4.78 is 30.5. The maximum absolute atomic E-state index is 11.5. The van der Waals surface area contributed by atoms with Gasteiger partial charge in [0, 0.05) is 5.69 Å². The monoisotopic (exact) mass is 349 g/mol. The molecule has 0 spiro atoms. The van der Waals surface area contributed by atoms with E-state index in [9.17, 15) is 18.3 Å². The van der Waals surface area contributed by atoms with Gasteiger partial charge in [0.25, 0.3) is 0 Å². The molecular weight excluding hydrogens is 330 g/mol. The lowest BCUT2D eigenvalue weighted by atomic mass is 10.0. The summed E-state index contributed by atoms with van der Waals surface area (Å²) in [6.07, 6.45) is 1.85. The summed E-state index contributed by atoms with van der Waals surface area (Å²) in [5.41, 5.74) is 1.85.